The largest absolute Gasteiger partial charge is 0.337 e. The maximum Gasteiger partial charge on any atom is 0.262 e. The second-order valence-corrected chi connectivity index (χ2v) is 6.86. The maximum absolute atomic E-state index is 12.6. The van der Waals surface area contributed by atoms with E-state index in [1.165, 1.54) is 11.3 Å². The van der Waals surface area contributed by atoms with Gasteiger partial charge in [-0.15, -0.1) is 11.3 Å². The van der Waals surface area contributed by atoms with Gasteiger partial charge in [-0.1, -0.05) is 13.0 Å². The molecule has 0 aliphatic rings. The molecule has 0 aliphatic heterocycles. The van der Waals surface area contributed by atoms with Crippen molar-refractivity contribution in [3.8, 4) is 0 Å². The van der Waals surface area contributed by atoms with Crippen molar-refractivity contribution >= 4 is 29.0 Å². The summed E-state index contributed by atoms with van der Waals surface area (Å²) in [6.07, 6.45) is 0.800. The fourth-order valence-corrected chi connectivity index (χ4v) is 2.89. The monoisotopic (exact) mass is 334 g/mol. The van der Waals surface area contributed by atoms with Crippen LogP contribution in [0.15, 0.2) is 17.5 Å². The first kappa shape index (κ1) is 17.2. The molecule has 2 heterocycles. The zero-order valence-corrected chi connectivity index (χ0v) is 14.9. The Morgan fingerprint density at radius 3 is 2.61 bits per heavy atom. The SMILES string of the molecule is CCc1nn(C)c(NC(=O)C(C)(C)NC(=O)c2cccs2)c1C. The third-order valence-corrected chi connectivity index (χ3v) is 4.56. The van der Waals surface area contributed by atoms with Gasteiger partial charge in [0.1, 0.15) is 11.4 Å². The van der Waals surface area contributed by atoms with E-state index in [0.29, 0.717) is 10.7 Å². The van der Waals surface area contributed by atoms with E-state index in [-0.39, 0.29) is 11.8 Å². The Morgan fingerprint density at radius 2 is 2.09 bits per heavy atom. The van der Waals surface area contributed by atoms with Crippen LogP contribution in [0.4, 0.5) is 5.82 Å². The van der Waals surface area contributed by atoms with Crippen LogP contribution in [0.3, 0.4) is 0 Å². The number of nitrogens with zero attached hydrogens (tertiary/aromatic N) is 2. The normalized spacial score (nSPS) is 11.3. The van der Waals surface area contributed by atoms with Crippen LogP contribution in [0.25, 0.3) is 0 Å². The van der Waals surface area contributed by atoms with Gasteiger partial charge in [-0.2, -0.15) is 5.10 Å². The molecule has 6 nitrogen and oxygen atoms in total. The summed E-state index contributed by atoms with van der Waals surface area (Å²) in [4.78, 5) is 25.3. The molecule has 2 aromatic rings. The molecular formula is C16H22N4O2S. The summed E-state index contributed by atoms with van der Waals surface area (Å²) in [6, 6.07) is 3.53. The molecule has 2 rings (SSSR count). The molecule has 0 atom stereocenters. The summed E-state index contributed by atoms with van der Waals surface area (Å²) in [6.45, 7) is 7.31. The predicted molar refractivity (Wildman–Crippen MR) is 91.8 cm³/mol. The molecule has 0 aliphatic carbocycles. The summed E-state index contributed by atoms with van der Waals surface area (Å²) in [5.74, 6) is 0.123. The highest BCUT2D eigenvalue weighted by Crippen LogP contribution is 2.20. The smallest absolute Gasteiger partial charge is 0.262 e. The zero-order chi connectivity index (χ0) is 17.2. The minimum absolute atomic E-state index is 0.254. The highest BCUT2D eigenvalue weighted by Gasteiger charge is 2.31. The number of carbonyl (C=O) groups excluding carboxylic acids is 2. The summed E-state index contributed by atoms with van der Waals surface area (Å²) >= 11 is 1.34. The van der Waals surface area contributed by atoms with E-state index in [0.717, 1.165) is 17.7 Å². The Bertz CT molecular complexity index is 717. The average Bonchev–Trinajstić information content (AvgIpc) is 3.10. The Labute approximate surface area is 139 Å². The number of anilines is 1. The van der Waals surface area contributed by atoms with E-state index < -0.39 is 5.54 Å². The first-order valence-electron chi connectivity index (χ1n) is 7.46. The first-order valence-corrected chi connectivity index (χ1v) is 8.34. The van der Waals surface area contributed by atoms with Gasteiger partial charge in [-0.05, 0) is 38.6 Å². The number of hydrogen-bond acceptors (Lipinski definition) is 4. The van der Waals surface area contributed by atoms with Crippen LogP contribution in [0.1, 0.15) is 41.7 Å². The molecule has 23 heavy (non-hydrogen) atoms. The lowest BCUT2D eigenvalue weighted by Crippen LogP contribution is -2.52. The molecule has 2 N–H and O–H groups in total. The summed E-state index contributed by atoms with van der Waals surface area (Å²) in [5, 5.41) is 11.9. The highest BCUT2D eigenvalue weighted by atomic mass is 32.1. The van der Waals surface area contributed by atoms with E-state index in [1.54, 1.807) is 37.7 Å². The van der Waals surface area contributed by atoms with Crippen molar-refractivity contribution in [3.05, 3.63) is 33.6 Å². The molecule has 7 heteroatoms. The van der Waals surface area contributed by atoms with E-state index >= 15 is 0 Å². The third kappa shape index (κ3) is 3.61. The Hall–Kier alpha value is -2.15. The molecule has 0 radical (unpaired) electrons. The van der Waals surface area contributed by atoms with Crippen LogP contribution in [0.5, 0.6) is 0 Å². The van der Waals surface area contributed by atoms with Crippen molar-refractivity contribution in [2.45, 2.75) is 39.7 Å². The molecule has 0 spiro atoms. The van der Waals surface area contributed by atoms with Gasteiger partial charge in [0.25, 0.3) is 11.8 Å². The third-order valence-electron chi connectivity index (χ3n) is 3.69. The van der Waals surface area contributed by atoms with Gasteiger partial charge in [0.15, 0.2) is 0 Å². The number of aromatic nitrogens is 2. The Morgan fingerprint density at radius 1 is 1.39 bits per heavy atom. The molecule has 2 aromatic heterocycles. The van der Waals surface area contributed by atoms with Crippen molar-refractivity contribution in [3.63, 3.8) is 0 Å². The van der Waals surface area contributed by atoms with Crippen molar-refractivity contribution in [1.29, 1.82) is 0 Å². The molecule has 0 unspecified atom stereocenters. The van der Waals surface area contributed by atoms with Crippen LogP contribution in [0, 0.1) is 6.92 Å². The lowest BCUT2D eigenvalue weighted by molar-refractivity contribution is -0.121. The first-order chi connectivity index (χ1) is 10.8. The summed E-state index contributed by atoms with van der Waals surface area (Å²) < 4.78 is 1.66. The Balaban J connectivity index is 2.13. The fourth-order valence-electron chi connectivity index (χ4n) is 2.27. The molecule has 0 saturated carbocycles. The van der Waals surface area contributed by atoms with Gasteiger partial charge in [0.2, 0.25) is 0 Å². The summed E-state index contributed by atoms with van der Waals surface area (Å²) in [5.41, 5.74) is 0.858. The number of thiophene rings is 1. The van der Waals surface area contributed by atoms with E-state index in [4.69, 9.17) is 0 Å². The van der Waals surface area contributed by atoms with Crippen molar-refractivity contribution in [2.24, 2.45) is 7.05 Å². The molecule has 0 saturated heterocycles. The second kappa shape index (κ2) is 6.54. The van der Waals surface area contributed by atoms with Crippen LogP contribution in [-0.4, -0.2) is 27.1 Å². The molecule has 0 fully saturated rings. The molecule has 2 amide bonds. The molecule has 0 bridgehead atoms. The number of amides is 2. The number of nitrogens with one attached hydrogen (secondary N) is 2. The number of aryl methyl sites for hydroxylation is 2. The number of carbonyl (C=O) groups is 2. The lowest BCUT2D eigenvalue weighted by Gasteiger charge is -2.25. The minimum Gasteiger partial charge on any atom is -0.337 e. The molecule has 124 valence electrons. The van der Waals surface area contributed by atoms with Gasteiger partial charge in [-0.25, -0.2) is 0 Å². The van der Waals surface area contributed by atoms with Gasteiger partial charge in [-0.3, -0.25) is 14.3 Å². The van der Waals surface area contributed by atoms with Gasteiger partial charge >= 0.3 is 0 Å². The fraction of sp³-hybridized carbons (Fsp3) is 0.438. The Kier molecular flexibility index (Phi) is 4.89. The summed E-state index contributed by atoms with van der Waals surface area (Å²) in [7, 11) is 1.79. The van der Waals surface area contributed by atoms with Gasteiger partial charge < -0.3 is 10.6 Å². The van der Waals surface area contributed by atoms with Crippen LogP contribution < -0.4 is 10.6 Å². The minimum atomic E-state index is -1.04. The van der Waals surface area contributed by atoms with Crippen molar-refractivity contribution in [2.75, 3.05) is 5.32 Å². The molecular weight excluding hydrogens is 312 g/mol. The van der Waals surface area contributed by atoms with Crippen LogP contribution in [-0.2, 0) is 18.3 Å². The van der Waals surface area contributed by atoms with Crippen molar-refractivity contribution in [1.82, 2.24) is 15.1 Å². The van der Waals surface area contributed by atoms with Gasteiger partial charge in [0.05, 0.1) is 10.6 Å². The topological polar surface area (TPSA) is 76.0 Å². The standard InChI is InChI=1S/C16H22N4O2S/c1-6-11-10(2)13(20(5)19-11)17-15(22)16(3,4)18-14(21)12-8-7-9-23-12/h7-9H,6H2,1-5H3,(H,17,22)(H,18,21). The van der Waals surface area contributed by atoms with Crippen LogP contribution >= 0.6 is 11.3 Å². The number of rotatable bonds is 5. The van der Waals surface area contributed by atoms with Gasteiger partial charge in [0, 0.05) is 12.6 Å². The number of hydrogen-bond donors (Lipinski definition) is 2. The van der Waals surface area contributed by atoms with E-state index in [1.807, 2.05) is 19.2 Å². The second-order valence-electron chi connectivity index (χ2n) is 5.91. The average molecular weight is 334 g/mol. The predicted octanol–water partition coefficient (Wildman–Crippen LogP) is 2.50. The van der Waals surface area contributed by atoms with E-state index in [9.17, 15) is 9.59 Å². The van der Waals surface area contributed by atoms with E-state index in [2.05, 4.69) is 15.7 Å². The molecule has 0 aromatic carbocycles. The quantitative estimate of drug-likeness (QED) is 0.882. The maximum atomic E-state index is 12.6. The van der Waals surface area contributed by atoms with Crippen LogP contribution in [0.2, 0.25) is 0 Å². The lowest BCUT2D eigenvalue weighted by atomic mass is 10.0. The highest BCUT2D eigenvalue weighted by molar-refractivity contribution is 7.12. The van der Waals surface area contributed by atoms with Crippen molar-refractivity contribution < 1.29 is 9.59 Å². The zero-order valence-electron chi connectivity index (χ0n) is 14.1.